The summed E-state index contributed by atoms with van der Waals surface area (Å²) in [7, 11) is 0. The second-order valence-corrected chi connectivity index (χ2v) is 6.31. The van der Waals surface area contributed by atoms with Gasteiger partial charge in [-0.15, -0.1) is 0 Å². The first-order chi connectivity index (χ1) is 11.1. The molecule has 6 heteroatoms. The summed E-state index contributed by atoms with van der Waals surface area (Å²) in [5.74, 6) is 1.14. The summed E-state index contributed by atoms with van der Waals surface area (Å²) in [5.41, 5.74) is 0.708. The predicted octanol–water partition coefficient (Wildman–Crippen LogP) is 2.70. The molecule has 1 fully saturated rings. The zero-order valence-electron chi connectivity index (χ0n) is 12.6. The Morgan fingerprint density at radius 2 is 1.70 bits per heavy atom. The van der Waals surface area contributed by atoms with Crippen LogP contribution in [0.2, 0.25) is 10.0 Å². The van der Waals surface area contributed by atoms with Crippen LogP contribution in [-0.2, 0) is 11.2 Å². The summed E-state index contributed by atoms with van der Waals surface area (Å²) in [5, 5.41) is 1.09. The maximum Gasteiger partial charge on any atom is 0.274 e. The average Bonchev–Trinajstić information content (AvgIpc) is 2.59. The molecule has 2 heterocycles. The van der Waals surface area contributed by atoms with Gasteiger partial charge >= 0.3 is 0 Å². The summed E-state index contributed by atoms with van der Waals surface area (Å²) < 4.78 is 0. The summed E-state index contributed by atoms with van der Waals surface area (Å²) in [6.07, 6.45) is 2.15. The van der Waals surface area contributed by atoms with E-state index in [0.29, 0.717) is 28.7 Å². The van der Waals surface area contributed by atoms with E-state index in [4.69, 9.17) is 23.2 Å². The van der Waals surface area contributed by atoms with Crippen LogP contribution in [0.25, 0.3) is 0 Å². The van der Waals surface area contributed by atoms with Gasteiger partial charge in [-0.25, -0.2) is 4.98 Å². The quantitative estimate of drug-likeness (QED) is 0.853. The maximum atomic E-state index is 12.5. The third kappa shape index (κ3) is 3.77. The molecule has 1 aromatic heterocycles. The van der Waals surface area contributed by atoms with Crippen molar-refractivity contribution in [3.63, 3.8) is 0 Å². The molecular weight excluding hydrogens is 333 g/mol. The SMILES string of the molecule is O=C(Cc1c(Cl)cccc1Cl)N1CCN(c2cccc[nH+]2)CC1. The van der Waals surface area contributed by atoms with Crippen LogP contribution in [-0.4, -0.2) is 37.0 Å². The molecule has 1 N–H and O–H groups in total. The Morgan fingerprint density at radius 1 is 1.00 bits per heavy atom. The molecule has 23 heavy (non-hydrogen) atoms. The number of carbonyl (C=O) groups is 1. The highest BCUT2D eigenvalue weighted by Crippen LogP contribution is 2.25. The van der Waals surface area contributed by atoms with Gasteiger partial charge in [0.15, 0.2) is 0 Å². The van der Waals surface area contributed by atoms with Crippen molar-refractivity contribution in [2.45, 2.75) is 6.42 Å². The van der Waals surface area contributed by atoms with E-state index in [0.717, 1.165) is 18.9 Å². The number of hydrogen-bond acceptors (Lipinski definition) is 2. The van der Waals surface area contributed by atoms with Crippen LogP contribution < -0.4 is 9.88 Å². The second-order valence-electron chi connectivity index (χ2n) is 5.49. The van der Waals surface area contributed by atoms with Crippen LogP contribution >= 0.6 is 23.2 Å². The van der Waals surface area contributed by atoms with Gasteiger partial charge in [0.25, 0.3) is 5.82 Å². The van der Waals surface area contributed by atoms with Gasteiger partial charge in [-0.1, -0.05) is 35.3 Å². The smallest absolute Gasteiger partial charge is 0.274 e. The number of nitrogens with zero attached hydrogens (tertiary/aromatic N) is 2. The Morgan fingerprint density at radius 3 is 2.30 bits per heavy atom. The Balaban J connectivity index is 1.60. The van der Waals surface area contributed by atoms with Crippen LogP contribution in [0.5, 0.6) is 0 Å². The van der Waals surface area contributed by atoms with E-state index in [1.165, 1.54) is 0 Å². The van der Waals surface area contributed by atoms with Crippen molar-refractivity contribution in [1.82, 2.24) is 4.90 Å². The Hall–Kier alpha value is -1.78. The third-order valence-electron chi connectivity index (χ3n) is 4.06. The maximum absolute atomic E-state index is 12.5. The lowest BCUT2D eigenvalue weighted by Gasteiger charge is -2.31. The standard InChI is InChI=1S/C17H17Cl2N3O/c18-14-4-3-5-15(19)13(14)12-17(23)22-10-8-21(9-11-22)16-6-1-2-7-20-16/h1-7H,8-12H2/p+1. The number of piperazine rings is 1. The lowest BCUT2D eigenvalue weighted by Crippen LogP contribution is -2.50. The molecule has 4 nitrogen and oxygen atoms in total. The van der Waals surface area contributed by atoms with Gasteiger partial charge in [0, 0.05) is 16.1 Å². The van der Waals surface area contributed by atoms with Crippen LogP contribution in [0.3, 0.4) is 0 Å². The van der Waals surface area contributed by atoms with Crippen molar-refractivity contribution in [1.29, 1.82) is 0 Å². The van der Waals surface area contributed by atoms with Crippen molar-refractivity contribution in [2.75, 3.05) is 31.1 Å². The van der Waals surface area contributed by atoms with Gasteiger partial charge in [-0.3, -0.25) is 9.69 Å². The van der Waals surface area contributed by atoms with E-state index in [9.17, 15) is 4.79 Å². The molecule has 0 unspecified atom stereocenters. The van der Waals surface area contributed by atoms with Crippen LogP contribution in [0.15, 0.2) is 42.6 Å². The number of hydrogen-bond donors (Lipinski definition) is 0. The minimum Gasteiger partial charge on any atom is -0.335 e. The monoisotopic (exact) mass is 350 g/mol. The Kier molecular flexibility index (Phi) is 5.03. The number of rotatable bonds is 3. The number of H-pyrrole nitrogens is 1. The van der Waals surface area contributed by atoms with Crippen LogP contribution in [0, 0.1) is 0 Å². The van der Waals surface area contributed by atoms with E-state index < -0.39 is 0 Å². The molecular formula is C17H18Cl2N3O+. The van der Waals surface area contributed by atoms with Gasteiger partial charge in [-0.2, -0.15) is 0 Å². The largest absolute Gasteiger partial charge is 0.335 e. The first-order valence-corrected chi connectivity index (χ1v) is 8.33. The Labute approximate surface area is 145 Å². The summed E-state index contributed by atoms with van der Waals surface area (Å²) in [4.78, 5) is 19.8. The number of benzene rings is 1. The van der Waals surface area contributed by atoms with Crippen molar-refractivity contribution < 1.29 is 9.78 Å². The number of carbonyl (C=O) groups excluding carboxylic acids is 1. The molecule has 1 aliphatic heterocycles. The highest BCUT2D eigenvalue weighted by atomic mass is 35.5. The van der Waals surface area contributed by atoms with Crippen LogP contribution in [0.4, 0.5) is 5.82 Å². The molecule has 0 aliphatic carbocycles. The van der Waals surface area contributed by atoms with E-state index >= 15 is 0 Å². The molecule has 0 atom stereocenters. The molecule has 1 aliphatic rings. The van der Waals surface area contributed by atoms with Crippen molar-refractivity contribution in [3.05, 3.63) is 58.2 Å². The van der Waals surface area contributed by atoms with Gasteiger partial charge in [0.05, 0.1) is 25.7 Å². The Bertz CT molecular complexity index is 665. The van der Waals surface area contributed by atoms with Crippen molar-refractivity contribution in [2.24, 2.45) is 0 Å². The number of pyridine rings is 1. The fourth-order valence-electron chi connectivity index (χ4n) is 2.74. The van der Waals surface area contributed by atoms with Gasteiger partial charge in [0.1, 0.15) is 13.1 Å². The van der Waals surface area contributed by atoms with Crippen molar-refractivity contribution in [3.8, 4) is 0 Å². The zero-order chi connectivity index (χ0) is 16.2. The van der Waals surface area contributed by atoms with E-state index in [1.54, 1.807) is 18.2 Å². The highest BCUT2D eigenvalue weighted by Gasteiger charge is 2.26. The van der Waals surface area contributed by atoms with Gasteiger partial charge < -0.3 is 4.90 Å². The van der Waals surface area contributed by atoms with E-state index in [1.807, 2.05) is 29.3 Å². The molecule has 1 saturated heterocycles. The summed E-state index contributed by atoms with van der Waals surface area (Å²) in [6, 6.07) is 11.3. The molecule has 0 saturated carbocycles. The second kappa shape index (κ2) is 7.20. The fourth-order valence-corrected chi connectivity index (χ4v) is 3.27. The van der Waals surface area contributed by atoms with Gasteiger partial charge in [-0.05, 0) is 23.8 Å². The average molecular weight is 351 g/mol. The molecule has 2 aromatic rings. The first kappa shape index (κ1) is 16.1. The zero-order valence-corrected chi connectivity index (χ0v) is 14.1. The predicted molar refractivity (Wildman–Crippen MR) is 92.0 cm³/mol. The number of halogens is 2. The molecule has 1 aromatic carbocycles. The normalized spacial score (nSPS) is 14.9. The third-order valence-corrected chi connectivity index (χ3v) is 4.76. The van der Waals surface area contributed by atoms with E-state index in [2.05, 4.69) is 9.88 Å². The lowest BCUT2D eigenvalue weighted by atomic mass is 10.1. The molecule has 0 radical (unpaired) electrons. The summed E-state index contributed by atoms with van der Waals surface area (Å²) in [6.45, 7) is 3.01. The van der Waals surface area contributed by atoms with Crippen molar-refractivity contribution >= 4 is 34.9 Å². The number of anilines is 1. The highest BCUT2D eigenvalue weighted by molar-refractivity contribution is 6.36. The molecule has 0 spiro atoms. The van der Waals surface area contributed by atoms with Gasteiger partial charge in [0.2, 0.25) is 5.91 Å². The minimum absolute atomic E-state index is 0.0664. The van der Waals surface area contributed by atoms with E-state index in [-0.39, 0.29) is 12.3 Å². The topological polar surface area (TPSA) is 37.7 Å². The minimum atomic E-state index is 0.0664. The first-order valence-electron chi connectivity index (χ1n) is 7.57. The molecule has 0 bridgehead atoms. The number of aromatic nitrogens is 1. The lowest BCUT2D eigenvalue weighted by molar-refractivity contribution is -0.364. The summed E-state index contributed by atoms with van der Waals surface area (Å²) >= 11 is 12.3. The van der Waals surface area contributed by atoms with Crippen LogP contribution in [0.1, 0.15) is 5.56 Å². The number of nitrogens with one attached hydrogen (secondary N) is 1. The molecule has 120 valence electrons. The fraction of sp³-hybridized carbons (Fsp3) is 0.294. The number of aromatic amines is 1. The number of amides is 1. The molecule has 1 amide bonds. The molecule has 3 rings (SSSR count).